The van der Waals surface area contributed by atoms with Crippen molar-refractivity contribution in [1.29, 1.82) is 0 Å². The number of hydrogen-bond acceptors (Lipinski definition) is 4. The SMILES string of the molecule is CCNC(=NCc1cccc(-n2cccn2)c1)NC1CCN(c2ncccc2Cl)C1. The number of hydrogen-bond donors (Lipinski definition) is 2. The fraction of sp³-hybridized carbons (Fsp3) is 0.318. The van der Waals surface area contributed by atoms with Crippen molar-refractivity contribution < 1.29 is 0 Å². The number of guanidine groups is 1. The summed E-state index contributed by atoms with van der Waals surface area (Å²) in [5.74, 6) is 1.67. The van der Waals surface area contributed by atoms with Crippen LogP contribution in [0.15, 0.2) is 66.0 Å². The highest BCUT2D eigenvalue weighted by Crippen LogP contribution is 2.25. The Morgan fingerprint density at radius 1 is 1.23 bits per heavy atom. The van der Waals surface area contributed by atoms with Gasteiger partial charge in [0, 0.05) is 44.3 Å². The van der Waals surface area contributed by atoms with E-state index >= 15 is 0 Å². The average Bonchev–Trinajstić information content (AvgIpc) is 3.45. The number of rotatable bonds is 6. The molecule has 8 heteroatoms. The molecule has 0 saturated carbocycles. The molecular formula is C22H26ClN7. The van der Waals surface area contributed by atoms with Crippen molar-refractivity contribution in [1.82, 2.24) is 25.4 Å². The van der Waals surface area contributed by atoms with Crippen LogP contribution in [0.2, 0.25) is 5.02 Å². The van der Waals surface area contributed by atoms with E-state index in [4.69, 9.17) is 16.6 Å². The van der Waals surface area contributed by atoms with Gasteiger partial charge in [-0.25, -0.2) is 14.7 Å². The van der Waals surface area contributed by atoms with Gasteiger partial charge in [0.2, 0.25) is 0 Å². The number of aromatic nitrogens is 3. The number of pyridine rings is 1. The number of aliphatic imine (C=N–C) groups is 1. The summed E-state index contributed by atoms with van der Waals surface area (Å²) in [5, 5.41) is 11.9. The van der Waals surface area contributed by atoms with Gasteiger partial charge in [0.25, 0.3) is 0 Å². The predicted molar refractivity (Wildman–Crippen MR) is 121 cm³/mol. The summed E-state index contributed by atoms with van der Waals surface area (Å²) in [6.07, 6.45) is 6.51. The molecule has 3 aromatic rings. The molecule has 1 aromatic carbocycles. The fourth-order valence-electron chi connectivity index (χ4n) is 3.58. The van der Waals surface area contributed by atoms with Gasteiger partial charge >= 0.3 is 0 Å². The van der Waals surface area contributed by atoms with Crippen molar-refractivity contribution in [3.05, 3.63) is 71.6 Å². The zero-order valence-electron chi connectivity index (χ0n) is 17.0. The minimum Gasteiger partial charge on any atom is -0.357 e. The molecule has 1 saturated heterocycles. The van der Waals surface area contributed by atoms with Gasteiger partial charge in [0.1, 0.15) is 5.82 Å². The lowest BCUT2D eigenvalue weighted by Gasteiger charge is -2.20. The first-order chi connectivity index (χ1) is 14.7. The van der Waals surface area contributed by atoms with Crippen molar-refractivity contribution in [3.63, 3.8) is 0 Å². The van der Waals surface area contributed by atoms with Crippen LogP contribution in [-0.2, 0) is 6.54 Å². The zero-order valence-corrected chi connectivity index (χ0v) is 17.8. The molecule has 2 aromatic heterocycles. The van der Waals surface area contributed by atoms with E-state index < -0.39 is 0 Å². The van der Waals surface area contributed by atoms with E-state index in [0.29, 0.717) is 11.6 Å². The lowest BCUT2D eigenvalue weighted by molar-refractivity contribution is 0.648. The quantitative estimate of drug-likeness (QED) is 0.470. The first-order valence-electron chi connectivity index (χ1n) is 10.2. The van der Waals surface area contributed by atoms with Crippen LogP contribution >= 0.6 is 11.6 Å². The second-order valence-electron chi connectivity index (χ2n) is 7.20. The third-order valence-electron chi connectivity index (χ3n) is 5.01. The van der Waals surface area contributed by atoms with Gasteiger partial charge in [-0.05, 0) is 49.2 Å². The summed E-state index contributed by atoms with van der Waals surface area (Å²) in [4.78, 5) is 11.4. The molecule has 0 amide bonds. The maximum Gasteiger partial charge on any atom is 0.191 e. The van der Waals surface area contributed by atoms with Gasteiger partial charge in [0.15, 0.2) is 5.96 Å². The smallest absolute Gasteiger partial charge is 0.191 e. The average molecular weight is 424 g/mol. The Morgan fingerprint density at radius 2 is 2.17 bits per heavy atom. The maximum atomic E-state index is 6.31. The van der Waals surface area contributed by atoms with E-state index in [0.717, 1.165) is 49.1 Å². The minimum atomic E-state index is 0.288. The van der Waals surface area contributed by atoms with Crippen molar-refractivity contribution >= 4 is 23.4 Å². The van der Waals surface area contributed by atoms with Gasteiger partial charge in [-0.1, -0.05) is 23.7 Å². The second kappa shape index (κ2) is 9.63. The lowest BCUT2D eigenvalue weighted by atomic mass is 10.2. The Balaban J connectivity index is 1.40. The van der Waals surface area contributed by atoms with Gasteiger partial charge in [-0.3, -0.25) is 0 Å². The Kier molecular flexibility index (Phi) is 6.49. The zero-order chi connectivity index (χ0) is 20.8. The Bertz CT molecular complexity index is 987. The number of benzene rings is 1. The highest BCUT2D eigenvalue weighted by atomic mass is 35.5. The summed E-state index contributed by atoms with van der Waals surface area (Å²) < 4.78 is 1.85. The number of nitrogens with zero attached hydrogens (tertiary/aromatic N) is 5. The molecule has 1 unspecified atom stereocenters. The number of halogens is 1. The third-order valence-corrected chi connectivity index (χ3v) is 5.31. The van der Waals surface area contributed by atoms with Gasteiger partial charge in [-0.2, -0.15) is 5.10 Å². The summed E-state index contributed by atoms with van der Waals surface area (Å²) in [5.41, 5.74) is 2.16. The molecular weight excluding hydrogens is 398 g/mol. The summed E-state index contributed by atoms with van der Waals surface area (Å²) in [6.45, 7) is 5.23. The van der Waals surface area contributed by atoms with Gasteiger partial charge in [-0.15, -0.1) is 0 Å². The van der Waals surface area contributed by atoms with Gasteiger partial charge in [0.05, 0.1) is 17.3 Å². The number of anilines is 1. The van der Waals surface area contributed by atoms with Crippen LogP contribution in [0.4, 0.5) is 5.82 Å². The molecule has 3 heterocycles. The molecule has 0 radical (unpaired) electrons. The molecule has 1 atom stereocenters. The summed E-state index contributed by atoms with van der Waals surface area (Å²) in [6, 6.07) is 14.2. The first kappa shape index (κ1) is 20.2. The van der Waals surface area contributed by atoms with Crippen molar-refractivity contribution in [2.45, 2.75) is 25.9 Å². The first-order valence-corrected chi connectivity index (χ1v) is 10.6. The highest BCUT2D eigenvalue weighted by molar-refractivity contribution is 6.32. The van der Waals surface area contributed by atoms with E-state index in [1.807, 2.05) is 41.2 Å². The standard InChI is InChI=1S/C22H26ClN7/c1-2-24-22(26-15-17-6-3-7-19(14-17)30-12-5-11-27-30)28-18-9-13-29(16-18)21-20(23)8-4-10-25-21/h3-8,10-12,14,18H,2,9,13,15-16H2,1H3,(H2,24,26,28). The van der Waals surface area contributed by atoms with Crippen LogP contribution in [0.5, 0.6) is 0 Å². The van der Waals surface area contributed by atoms with E-state index in [-0.39, 0.29) is 6.04 Å². The van der Waals surface area contributed by atoms with Crippen LogP contribution in [0, 0.1) is 0 Å². The molecule has 1 aliphatic rings. The van der Waals surface area contributed by atoms with Gasteiger partial charge < -0.3 is 15.5 Å². The van der Waals surface area contributed by atoms with Crippen LogP contribution in [0.3, 0.4) is 0 Å². The van der Waals surface area contributed by atoms with Crippen LogP contribution < -0.4 is 15.5 Å². The minimum absolute atomic E-state index is 0.288. The van der Waals surface area contributed by atoms with Crippen LogP contribution in [0.25, 0.3) is 5.69 Å². The second-order valence-corrected chi connectivity index (χ2v) is 7.61. The van der Waals surface area contributed by atoms with E-state index in [1.165, 1.54) is 0 Å². The predicted octanol–water partition coefficient (Wildman–Crippen LogP) is 3.25. The van der Waals surface area contributed by atoms with E-state index in [2.05, 4.69) is 44.7 Å². The molecule has 30 heavy (non-hydrogen) atoms. The molecule has 0 bridgehead atoms. The van der Waals surface area contributed by atoms with Crippen LogP contribution in [-0.4, -0.2) is 46.4 Å². The third kappa shape index (κ3) is 4.91. The summed E-state index contributed by atoms with van der Waals surface area (Å²) in [7, 11) is 0. The van der Waals surface area contributed by atoms with Crippen molar-refractivity contribution in [3.8, 4) is 5.69 Å². The topological polar surface area (TPSA) is 70.4 Å². The molecule has 156 valence electrons. The Hall–Kier alpha value is -3.06. The van der Waals surface area contributed by atoms with Crippen molar-refractivity contribution in [2.24, 2.45) is 4.99 Å². The maximum absolute atomic E-state index is 6.31. The molecule has 7 nitrogen and oxygen atoms in total. The molecule has 0 spiro atoms. The largest absolute Gasteiger partial charge is 0.357 e. The molecule has 2 N–H and O–H groups in total. The fourth-order valence-corrected chi connectivity index (χ4v) is 3.82. The number of nitrogens with one attached hydrogen (secondary N) is 2. The Labute approximate surface area is 181 Å². The van der Waals surface area contributed by atoms with E-state index in [9.17, 15) is 0 Å². The normalized spacial score (nSPS) is 16.7. The molecule has 0 aliphatic carbocycles. The summed E-state index contributed by atoms with van der Waals surface area (Å²) >= 11 is 6.31. The van der Waals surface area contributed by atoms with E-state index in [1.54, 1.807) is 12.4 Å². The highest BCUT2D eigenvalue weighted by Gasteiger charge is 2.25. The van der Waals surface area contributed by atoms with Crippen molar-refractivity contribution in [2.75, 3.05) is 24.5 Å². The molecule has 1 fully saturated rings. The monoisotopic (exact) mass is 423 g/mol. The lowest BCUT2D eigenvalue weighted by Crippen LogP contribution is -2.44. The van der Waals surface area contributed by atoms with Crippen LogP contribution in [0.1, 0.15) is 18.9 Å². The molecule has 1 aliphatic heterocycles. The Morgan fingerprint density at radius 3 is 2.97 bits per heavy atom. The molecule has 4 rings (SSSR count).